The molecule has 0 N–H and O–H groups in total. The number of hydrogen-bond acceptors (Lipinski definition) is 3. The average Bonchev–Trinajstić information content (AvgIpc) is 2.76. The third-order valence-electron chi connectivity index (χ3n) is 3.18. The average molecular weight is 283 g/mol. The number of halogens is 1. The number of imidazole rings is 1. The van der Waals surface area contributed by atoms with Gasteiger partial charge in [0.1, 0.15) is 11.6 Å². The molecule has 0 amide bonds. The van der Waals surface area contributed by atoms with Gasteiger partial charge in [-0.05, 0) is 26.0 Å². The minimum absolute atomic E-state index is 0.105. The monoisotopic (exact) mass is 282 g/mol. The van der Waals surface area contributed by atoms with Crippen LogP contribution < -0.4 is 4.74 Å². The van der Waals surface area contributed by atoms with Crippen molar-refractivity contribution < 1.29 is 9.47 Å². The largest absolute Gasteiger partial charge is 0.497 e. The Morgan fingerprint density at radius 2 is 2.05 bits per heavy atom. The molecule has 0 saturated carbocycles. The van der Waals surface area contributed by atoms with Crippen molar-refractivity contribution in [3.05, 3.63) is 24.0 Å². The second kappa shape index (κ2) is 5.80. The highest BCUT2D eigenvalue weighted by Crippen LogP contribution is 2.27. The van der Waals surface area contributed by atoms with Crippen LogP contribution in [0.25, 0.3) is 11.0 Å². The Bertz CT molecular complexity index is 566. The van der Waals surface area contributed by atoms with E-state index in [1.54, 1.807) is 14.2 Å². The zero-order valence-electron chi connectivity index (χ0n) is 11.7. The fourth-order valence-electron chi connectivity index (χ4n) is 2.08. The summed E-state index contributed by atoms with van der Waals surface area (Å²) in [5.41, 5.74) is 1.94. The van der Waals surface area contributed by atoms with Gasteiger partial charge in [-0.15, -0.1) is 11.6 Å². The number of nitrogens with zero attached hydrogens (tertiary/aromatic N) is 2. The SMILES string of the molecule is COc1ccc2c(c1)nc(C(C)Cl)n2CC(C)OC. The lowest BCUT2D eigenvalue weighted by molar-refractivity contribution is 0.103. The van der Waals surface area contributed by atoms with E-state index in [4.69, 9.17) is 21.1 Å². The summed E-state index contributed by atoms with van der Waals surface area (Å²) in [5, 5.41) is -0.151. The van der Waals surface area contributed by atoms with Gasteiger partial charge in [0.25, 0.3) is 0 Å². The number of methoxy groups -OCH3 is 2. The van der Waals surface area contributed by atoms with Gasteiger partial charge in [-0.1, -0.05) is 0 Å². The molecule has 2 unspecified atom stereocenters. The van der Waals surface area contributed by atoms with E-state index in [1.165, 1.54) is 0 Å². The zero-order chi connectivity index (χ0) is 14.0. The van der Waals surface area contributed by atoms with Gasteiger partial charge in [-0.2, -0.15) is 0 Å². The van der Waals surface area contributed by atoms with E-state index in [1.807, 2.05) is 32.0 Å². The van der Waals surface area contributed by atoms with Crippen molar-refractivity contribution in [3.8, 4) is 5.75 Å². The second-order valence-corrected chi connectivity index (χ2v) is 5.25. The number of aromatic nitrogens is 2. The molecule has 2 rings (SSSR count). The van der Waals surface area contributed by atoms with Crippen LogP contribution in [-0.4, -0.2) is 29.9 Å². The molecule has 2 aromatic rings. The lowest BCUT2D eigenvalue weighted by Crippen LogP contribution is -2.16. The lowest BCUT2D eigenvalue weighted by atomic mass is 10.3. The van der Waals surface area contributed by atoms with E-state index in [9.17, 15) is 0 Å². The third-order valence-corrected chi connectivity index (χ3v) is 3.38. The molecular weight excluding hydrogens is 264 g/mol. The molecule has 1 aromatic carbocycles. The highest BCUT2D eigenvalue weighted by molar-refractivity contribution is 6.20. The van der Waals surface area contributed by atoms with E-state index >= 15 is 0 Å². The number of hydrogen-bond donors (Lipinski definition) is 0. The molecule has 0 fully saturated rings. The number of rotatable bonds is 5. The summed E-state index contributed by atoms with van der Waals surface area (Å²) in [6.07, 6.45) is 0.105. The summed E-state index contributed by atoms with van der Waals surface area (Å²) in [5.74, 6) is 1.65. The standard InChI is InChI=1S/C14H19ClN2O2/c1-9(18-3)8-17-13-6-5-11(19-4)7-12(13)16-14(17)10(2)15/h5-7,9-10H,8H2,1-4H3. The van der Waals surface area contributed by atoms with E-state index in [2.05, 4.69) is 9.55 Å². The normalized spacial score (nSPS) is 14.6. The van der Waals surface area contributed by atoms with Crippen LogP contribution in [0.5, 0.6) is 5.75 Å². The Morgan fingerprint density at radius 1 is 1.32 bits per heavy atom. The zero-order valence-corrected chi connectivity index (χ0v) is 12.4. The number of fused-ring (bicyclic) bond motifs is 1. The van der Waals surface area contributed by atoms with Crippen molar-refractivity contribution in [2.24, 2.45) is 0 Å². The maximum Gasteiger partial charge on any atom is 0.127 e. The van der Waals surface area contributed by atoms with Gasteiger partial charge in [-0.3, -0.25) is 0 Å². The molecule has 4 nitrogen and oxygen atoms in total. The van der Waals surface area contributed by atoms with Crippen LogP contribution >= 0.6 is 11.6 Å². The summed E-state index contributed by atoms with van der Waals surface area (Å²) in [4.78, 5) is 4.60. The van der Waals surface area contributed by atoms with Crippen molar-refractivity contribution in [3.63, 3.8) is 0 Å². The third kappa shape index (κ3) is 2.85. The molecule has 1 aromatic heterocycles. The van der Waals surface area contributed by atoms with Gasteiger partial charge >= 0.3 is 0 Å². The lowest BCUT2D eigenvalue weighted by Gasteiger charge is -2.15. The summed E-state index contributed by atoms with van der Waals surface area (Å²) in [7, 11) is 3.35. The molecular formula is C14H19ClN2O2. The number of alkyl halides is 1. The highest BCUT2D eigenvalue weighted by Gasteiger charge is 2.17. The van der Waals surface area contributed by atoms with Gasteiger partial charge in [0, 0.05) is 13.2 Å². The smallest absolute Gasteiger partial charge is 0.127 e. The topological polar surface area (TPSA) is 36.3 Å². The van der Waals surface area contributed by atoms with Crippen LogP contribution in [-0.2, 0) is 11.3 Å². The quantitative estimate of drug-likeness (QED) is 0.789. The summed E-state index contributed by atoms with van der Waals surface area (Å²) >= 11 is 6.22. The van der Waals surface area contributed by atoms with Crippen LogP contribution in [0, 0.1) is 0 Å². The van der Waals surface area contributed by atoms with E-state index < -0.39 is 0 Å². The molecule has 0 aliphatic heterocycles. The van der Waals surface area contributed by atoms with Crippen molar-refractivity contribution in [1.29, 1.82) is 0 Å². The molecule has 0 saturated heterocycles. The summed E-state index contributed by atoms with van der Waals surface area (Å²) in [6.45, 7) is 4.68. The first-order chi connectivity index (χ1) is 9.06. The van der Waals surface area contributed by atoms with E-state index in [0.717, 1.165) is 29.2 Å². The Morgan fingerprint density at radius 3 is 2.63 bits per heavy atom. The first-order valence-electron chi connectivity index (χ1n) is 6.27. The van der Waals surface area contributed by atoms with E-state index in [0.29, 0.717) is 0 Å². The maximum absolute atomic E-state index is 6.22. The molecule has 1 heterocycles. The second-order valence-electron chi connectivity index (χ2n) is 4.60. The van der Waals surface area contributed by atoms with Crippen molar-refractivity contribution in [2.75, 3.05) is 14.2 Å². The van der Waals surface area contributed by atoms with E-state index in [-0.39, 0.29) is 11.5 Å². The fraction of sp³-hybridized carbons (Fsp3) is 0.500. The molecule has 0 radical (unpaired) electrons. The van der Waals surface area contributed by atoms with Gasteiger partial charge in [0.15, 0.2) is 0 Å². The van der Waals surface area contributed by atoms with Crippen LogP contribution in [0.4, 0.5) is 0 Å². The van der Waals surface area contributed by atoms with Crippen LogP contribution in [0.1, 0.15) is 25.0 Å². The molecule has 19 heavy (non-hydrogen) atoms. The van der Waals surface area contributed by atoms with Crippen LogP contribution in [0.2, 0.25) is 0 Å². The molecule has 0 bridgehead atoms. The Labute approximate surface area is 118 Å². The van der Waals surface area contributed by atoms with Crippen LogP contribution in [0.3, 0.4) is 0 Å². The molecule has 0 aliphatic rings. The van der Waals surface area contributed by atoms with Gasteiger partial charge < -0.3 is 14.0 Å². The Hall–Kier alpha value is -1.26. The summed E-state index contributed by atoms with van der Waals surface area (Å²) in [6, 6.07) is 5.86. The molecule has 2 atom stereocenters. The first-order valence-corrected chi connectivity index (χ1v) is 6.71. The van der Waals surface area contributed by atoms with Gasteiger partial charge in [0.2, 0.25) is 0 Å². The maximum atomic E-state index is 6.22. The highest BCUT2D eigenvalue weighted by atomic mass is 35.5. The van der Waals surface area contributed by atoms with Gasteiger partial charge in [0.05, 0.1) is 36.2 Å². The predicted molar refractivity (Wildman–Crippen MR) is 77.0 cm³/mol. The van der Waals surface area contributed by atoms with Gasteiger partial charge in [-0.25, -0.2) is 4.98 Å². The number of benzene rings is 1. The summed E-state index contributed by atoms with van der Waals surface area (Å²) < 4.78 is 12.7. The first kappa shape index (κ1) is 14.2. The predicted octanol–water partition coefficient (Wildman–Crippen LogP) is 3.38. The van der Waals surface area contributed by atoms with Crippen LogP contribution in [0.15, 0.2) is 18.2 Å². The minimum atomic E-state index is -0.151. The van der Waals surface area contributed by atoms with Crippen molar-refractivity contribution >= 4 is 22.6 Å². The molecule has 104 valence electrons. The fourth-order valence-corrected chi connectivity index (χ4v) is 2.25. The Kier molecular flexibility index (Phi) is 4.32. The molecule has 5 heteroatoms. The van der Waals surface area contributed by atoms with Crippen molar-refractivity contribution in [2.45, 2.75) is 31.9 Å². The minimum Gasteiger partial charge on any atom is -0.497 e. The van der Waals surface area contributed by atoms with Crippen molar-refractivity contribution in [1.82, 2.24) is 9.55 Å². The number of ether oxygens (including phenoxy) is 2. The molecule has 0 aliphatic carbocycles. The Balaban J connectivity index is 2.54. The molecule has 0 spiro atoms.